The van der Waals surface area contributed by atoms with Crippen LogP contribution in [-0.4, -0.2) is 44.7 Å². The average Bonchev–Trinajstić information content (AvgIpc) is 3.14. The van der Waals surface area contributed by atoms with Gasteiger partial charge in [0.25, 0.3) is 5.91 Å². The quantitative estimate of drug-likeness (QED) is 0.925. The van der Waals surface area contributed by atoms with Crippen LogP contribution in [0.4, 0.5) is 0 Å². The molecule has 6 nitrogen and oxygen atoms in total. The van der Waals surface area contributed by atoms with Crippen molar-refractivity contribution in [1.82, 2.24) is 25.0 Å². The minimum absolute atomic E-state index is 0.173. The molecule has 1 atom stereocenters. The van der Waals surface area contributed by atoms with Crippen LogP contribution >= 0.6 is 0 Å². The number of amides is 1. The zero-order valence-electron chi connectivity index (χ0n) is 14.5. The third-order valence-corrected chi connectivity index (χ3v) is 5.22. The topological polar surface area (TPSA) is 63.1 Å². The van der Waals surface area contributed by atoms with Gasteiger partial charge in [0.1, 0.15) is 12.2 Å². The molecular weight excluding hydrogens is 314 g/mol. The van der Waals surface area contributed by atoms with Crippen molar-refractivity contribution in [3.05, 3.63) is 47.5 Å². The molecule has 1 amide bonds. The van der Waals surface area contributed by atoms with Crippen molar-refractivity contribution < 1.29 is 4.79 Å². The molecule has 2 aliphatic rings. The van der Waals surface area contributed by atoms with Gasteiger partial charge in [-0.05, 0) is 43.4 Å². The smallest absolute Gasteiger partial charge is 0.253 e. The number of likely N-dealkylation sites (tertiary alicyclic amines) is 1. The predicted molar refractivity (Wildman–Crippen MR) is 95.2 cm³/mol. The van der Waals surface area contributed by atoms with Crippen LogP contribution in [0.25, 0.3) is 0 Å². The summed E-state index contributed by atoms with van der Waals surface area (Å²) in [4.78, 5) is 18.9. The number of carbonyl (C=O) groups is 1. The molecule has 6 heteroatoms. The largest absolute Gasteiger partial charge is 0.339 e. The Bertz CT molecular complexity index is 735. The monoisotopic (exact) mass is 339 g/mol. The highest BCUT2D eigenvalue weighted by atomic mass is 16.2. The first-order valence-electron chi connectivity index (χ1n) is 9.28. The minimum atomic E-state index is 0.173. The number of nitrogens with one attached hydrogen (secondary N) is 1. The highest BCUT2D eigenvalue weighted by Gasteiger charge is 2.20. The average molecular weight is 339 g/mol. The summed E-state index contributed by atoms with van der Waals surface area (Å²) in [5, 5.41) is 7.87. The lowest BCUT2D eigenvalue weighted by atomic mass is 10.1. The van der Waals surface area contributed by atoms with E-state index in [1.54, 1.807) is 6.33 Å². The van der Waals surface area contributed by atoms with Gasteiger partial charge in [0.15, 0.2) is 0 Å². The highest BCUT2D eigenvalue weighted by Crippen LogP contribution is 2.15. The zero-order chi connectivity index (χ0) is 17.1. The molecule has 1 fully saturated rings. The van der Waals surface area contributed by atoms with E-state index in [1.165, 1.54) is 6.42 Å². The fourth-order valence-electron chi connectivity index (χ4n) is 3.76. The van der Waals surface area contributed by atoms with Crippen molar-refractivity contribution >= 4 is 5.91 Å². The summed E-state index contributed by atoms with van der Waals surface area (Å²) in [5.74, 6) is 1.25. The van der Waals surface area contributed by atoms with Crippen LogP contribution in [-0.2, 0) is 19.5 Å². The summed E-state index contributed by atoms with van der Waals surface area (Å²) in [6.45, 7) is 3.42. The summed E-state index contributed by atoms with van der Waals surface area (Å²) >= 11 is 0. The first-order chi connectivity index (χ1) is 12.3. The third kappa shape index (κ3) is 3.74. The summed E-state index contributed by atoms with van der Waals surface area (Å²) in [5.41, 5.74) is 1.97. The summed E-state index contributed by atoms with van der Waals surface area (Å²) in [6.07, 6.45) is 7.16. The van der Waals surface area contributed by atoms with Gasteiger partial charge in [-0.3, -0.25) is 4.79 Å². The summed E-state index contributed by atoms with van der Waals surface area (Å²) in [7, 11) is 0. The molecule has 2 aromatic rings. The first kappa shape index (κ1) is 16.3. The predicted octanol–water partition coefficient (Wildman–Crippen LogP) is 2.01. The number of rotatable bonds is 4. The van der Waals surface area contributed by atoms with Gasteiger partial charge in [-0.2, -0.15) is 5.10 Å². The van der Waals surface area contributed by atoms with Crippen molar-refractivity contribution in [2.45, 2.75) is 51.2 Å². The summed E-state index contributed by atoms with van der Waals surface area (Å²) < 4.78 is 1.98. The molecule has 3 heterocycles. The van der Waals surface area contributed by atoms with E-state index >= 15 is 0 Å². The van der Waals surface area contributed by atoms with Crippen molar-refractivity contribution in [1.29, 1.82) is 0 Å². The molecule has 1 N–H and O–H groups in total. The van der Waals surface area contributed by atoms with Gasteiger partial charge in [-0.15, -0.1) is 0 Å². The molecule has 1 aromatic heterocycles. The van der Waals surface area contributed by atoms with E-state index in [-0.39, 0.29) is 5.91 Å². The molecule has 4 rings (SSSR count). The Morgan fingerprint density at radius 3 is 3.00 bits per heavy atom. The Labute approximate surface area is 148 Å². The molecule has 1 unspecified atom stereocenters. The van der Waals surface area contributed by atoms with Crippen molar-refractivity contribution in [2.75, 3.05) is 13.1 Å². The van der Waals surface area contributed by atoms with E-state index in [0.717, 1.165) is 68.8 Å². The van der Waals surface area contributed by atoms with Crippen LogP contribution < -0.4 is 5.32 Å². The Balaban J connectivity index is 1.36. The standard InChI is InChI=1S/C19H25N5O/c25-19(23-9-2-1-3-10-23)16-6-4-5-15(11-16)12-20-17-7-8-18-21-14-22-24(18)13-17/h4-6,11,14,17,20H,1-3,7-10,12-13H2. The fourth-order valence-corrected chi connectivity index (χ4v) is 3.76. The number of piperidine rings is 1. The number of fused-ring (bicyclic) bond motifs is 1. The lowest BCUT2D eigenvalue weighted by Gasteiger charge is -2.27. The third-order valence-electron chi connectivity index (χ3n) is 5.22. The first-order valence-corrected chi connectivity index (χ1v) is 9.28. The van der Waals surface area contributed by atoms with Crippen molar-refractivity contribution in [3.8, 4) is 0 Å². The van der Waals surface area contributed by atoms with Crippen LogP contribution in [0.5, 0.6) is 0 Å². The van der Waals surface area contributed by atoms with E-state index in [9.17, 15) is 4.79 Å². The molecule has 0 saturated carbocycles. The Morgan fingerprint density at radius 1 is 1.24 bits per heavy atom. The van der Waals surface area contributed by atoms with Crippen molar-refractivity contribution in [3.63, 3.8) is 0 Å². The highest BCUT2D eigenvalue weighted by molar-refractivity contribution is 5.94. The fraction of sp³-hybridized carbons (Fsp3) is 0.526. The number of aromatic nitrogens is 3. The SMILES string of the molecule is O=C(c1cccc(CNC2CCc3ncnn3C2)c1)N1CCCCC1. The Kier molecular flexibility index (Phi) is 4.78. The molecule has 0 radical (unpaired) electrons. The number of carbonyl (C=O) groups excluding carboxylic acids is 1. The van der Waals surface area contributed by atoms with Crippen LogP contribution in [0.15, 0.2) is 30.6 Å². The molecule has 0 bridgehead atoms. The maximum absolute atomic E-state index is 12.7. The molecular formula is C19H25N5O. The van der Waals surface area contributed by atoms with E-state index in [1.807, 2.05) is 27.8 Å². The maximum atomic E-state index is 12.7. The van der Waals surface area contributed by atoms with Gasteiger partial charge in [-0.1, -0.05) is 12.1 Å². The van der Waals surface area contributed by atoms with Gasteiger partial charge in [0.2, 0.25) is 0 Å². The second-order valence-corrected chi connectivity index (χ2v) is 7.03. The number of benzene rings is 1. The molecule has 1 aromatic carbocycles. The maximum Gasteiger partial charge on any atom is 0.253 e. The van der Waals surface area contributed by atoms with E-state index in [0.29, 0.717) is 6.04 Å². The Hall–Kier alpha value is -2.21. The molecule has 1 saturated heterocycles. The van der Waals surface area contributed by atoms with Gasteiger partial charge >= 0.3 is 0 Å². The molecule has 0 spiro atoms. The molecule has 0 aliphatic carbocycles. The van der Waals surface area contributed by atoms with Crippen LogP contribution in [0.3, 0.4) is 0 Å². The summed E-state index contributed by atoms with van der Waals surface area (Å²) in [6, 6.07) is 8.45. The lowest BCUT2D eigenvalue weighted by Crippen LogP contribution is -2.37. The second kappa shape index (κ2) is 7.35. The van der Waals surface area contributed by atoms with Gasteiger partial charge < -0.3 is 10.2 Å². The number of nitrogens with zero attached hydrogens (tertiary/aromatic N) is 4. The van der Waals surface area contributed by atoms with Gasteiger partial charge in [-0.25, -0.2) is 9.67 Å². The normalized spacial score (nSPS) is 20.3. The molecule has 25 heavy (non-hydrogen) atoms. The van der Waals surface area contributed by atoms with Gasteiger partial charge in [0.05, 0.1) is 6.54 Å². The zero-order valence-corrected chi connectivity index (χ0v) is 14.5. The van der Waals surface area contributed by atoms with Crippen LogP contribution in [0, 0.1) is 0 Å². The minimum Gasteiger partial charge on any atom is -0.339 e. The Morgan fingerprint density at radius 2 is 2.12 bits per heavy atom. The van der Waals surface area contributed by atoms with E-state index in [4.69, 9.17) is 0 Å². The number of hydrogen-bond donors (Lipinski definition) is 1. The van der Waals surface area contributed by atoms with Crippen LogP contribution in [0.2, 0.25) is 0 Å². The van der Waals surface area contributed by atoms with Gasteiger partial charge in [0, 0.05) is 37.7 Å². The molecule has 2 aliphatic heterocycles. The second-order valence-electron chi connectivity index (χ2n) is 7.03. The van der Waals surface area contributed by atoms with E-state index in [2.05, 4.69) is 21.5 Å². The van der Waals surface area contributed by atoms with Crippen molar-refractivity contribution in [2.24, 2.45) is 0 Å². The molecule has 132 valence electrons. The van der Waals surface area contributed by atoms with Crippen LogP contribution in [0.1, 0.15) is 47.4 Å². The number of aryl methyl sites for hydroxylation is 1. The number of hydrogen-bond acceptors (Lipinski definition) is 4. The lowest BCUT2D eigenvalue weighted by molar-refractivity contribution is 0.0724. The van der Waals surface area contributed by atoms with E-state index < -0.39 is 0 Å².